The predicted molar refractivity (Wildman–Crippen MR) is 84.3 cm³/mol. The van der Waals surface area contributed by atoms with Crippen molar-refractivity contribution in [3.05, 3.63) is 29.8 Å². The molecular weight excluding hydrogens is 264 g/mol. The Balaban J connectivity index is 1.85. The van der Waals surface area contributed by atoms with E-state index in [1.165, 1.54) is 12.8 Å². The van der Waals surface area contributed by atoms with Gasteiger partial charge in [-0.15, -0.1) is 0 Å². The largest absolute Gasteiger partial charge is 0.497 e. The second-order valence-corrected chi connectivity index (χ2v) is 6.23. The fourth-order valence-electron chi connectivity index (χ4n) is 2.83. The Kier molecular flexibility index (Phi) is 5.62. The quantitative estimate of drug-likeness (QED) is 0.784. The predicted octanol–water partition coefficient (Wildman–Crippen LogP) is 2.43. The van der Waals surface area contributed by atoms with Crippen LogP contribution < -0.4 is 10.1 Å². The highest BCUT2D eigenvalue weighted by molar-refractivity contribution is 5.47. The lowest BCUT2D eigenvalue weighted by molar-refractivity contribution is -0.119. The number of ether oxygens (including phenoxy) is 1. The van der Waals surface area contributed by atoms with Gasteiger partial charge in [0.15, 0.2) is 0 Å². The van der Waals surface area contributed by atoms with E-state index >= 15 is 0 Å². The molecule has 0 spiro atoms. The van der Waals surface area contributed by atoms with E-state index in [-0.39, 0.29) is 0 Å². The van der Waals surface area contributed by atoms with Gasteiger partial charge in [0, 0.05) is 13.1 Å². The number of carbonyl (C=O) groups excluding carboxylic acids is 1. The molecule has 1 N–H and O–H groups in total. The summed E-state index contributed by atoms with van der Waals surface area (Å²) in [6, 6.07) is 7.90. The fraction of sp³-hybridized carbons (Fsp3) is 0.588. The molecule has 0 bridgehead atoms. The first kappa shape index (κ1) is 15.8. The summed E-state index contributed by atoms with van der Waals surface area (Å²) in [5, 5.41) is 3.40. The van der Waals surface area contributed by atoms with Crippen molar-refractivity contribution in [3.8, 4) is 5.75 Å². The van der Waals surface area contributed by atoms with Crippen LogP contribution in [0.25, 0.3) is 0 Å². The molecule has 4 nitrogen and oxygen atoms in total. The van der Waals surface area contributed by atoms with Crippen molar-refractivity contribution < 1.29 is 9.53 Å². The van der Waals surface area contributed by atoms with Crippen molar-refractivity contribution in [2.45, 2.75) is 32.7 Å². The van der Waals surface area contributed by atoms with Crippen LogP contribution in [-0.4, -0.2) is 38.1 Å². The van der Waals surface area contributed by atoms with Crippen molar-refractivity contribution in [2.75, 3.05) is 26.7 Å². The molecule has 1 aliphatic heterocycles. The van der Waals surface area contributed by atoms with Crippen LogP contribution in [0.15, 0.2) is 24.3 Å². The highest BCUT2D eigenvalue weighted by Gasteiger charge is 2.26. The number of hydrogen-bond acceptors (Lipinski definition) is 3. The first-order valence-electron chi connectivity index (χ1n) is 7.68. The van der Waals surface area contributed by atoms with Gasteiger partial charge < -0.3 is 15.0 Å². The normalized spacial score (nSPS) is 17.2. The standard InChI is InChI=1S/C17H26N2O2/c1-17(7-10-18-11-8-17)9-12-19(14-20)13-15-3-5-16(21-2)6-4-15/h3-6,14,18H,7-13H2,1-2H3. The summed E-state index contributed by atoms with van der Waals surface area (Å²) in [4.78, 5) is 13.2. The van der Waals surface area contributed by atoms with E-state index in [0.29, 0.717) is 12.0 Å². The lowest BCUT2D eigenvalue weighted by atomic mass is 9.78. The van der Waals surface area contributed by atoms with E-state index in [0.717, 1.165) is 43.8 Å². The number of piperidine rings is 1. The smallest absolute Gasteiger partial charge is 0.210 e. The Morgan fingerprint density at radius 1 is 1.29 bits per heavy atom. The Labute approximate surface area is 127 Å². The maximum atomic E-state index is 11.3. The van der Waals surface area contributed by atoms with E-state index in [9.17, 15) is 4.79 Å². The number of nitrogens with one attached hydrogen (secondary N) is 1. The summed E-state index contributed by atoms with van der Waals surface area (Å²) in [6.07, 6.45) is 4.43. The molecule has 0 aliphatic carbocycles. The maximum Gasteiger partial charge on any atom is 0.210 e. The number of benzene rings is 1. The monoisotopic (exact) mass is 290 g/mol. The van der Waals surface area contributed by atoms with E-state index in [4.69, 9.17) is 4.74 Å². The number of methoxy groups -OCH3 is 1. The molecule has 116 valence electrons. The van der Waals surface area contributed by atoms with Crippen LogP contribution in [0.2, 0.25) is 0 Å². The van der Waals surface area contributed by atoms with Crippen molar-refractivity contribution in [3.63, 3.8) is 0 Å². The number of rotatable bonds is 7. The van der Waals surface area contributed by atoms with Crippen molar-refractivity contribution in [2.24, 2.45) is 5.41 Å². The highest BCUT2D eigenvalue weighted by atomic mass is 16.5. The van der Waals surface area contributed by atoms with Crippen LogP contribution in [0.3, 0.4) is 0 Å². The van der Waals surface area contributed by atoms with Crippen LogP contribution in [0, 0.1) is 5.41 Å². The second kappa shape index (κ2) is 7.46. The number of carbonyl (C=O) groups is 1. The highest BCUT2D eigenvalue weighted by Crippen LogP contribution is 2.31. The summed E-state index contributed by atoms with van der Waals surface area (Å²) in [5.41, 5.74) is 1.50. The van der Waals surface area contributed by atoms with Crippen LogP contribution in [-0.2, 0) is 11.3 Å². The maximum absolute atomic E-state index is 11.3. The molecule has 4 heteroatoms. The summed E-state index contributed by atoms with van der Waals surface area (Å²) in [5.74, 6) is 0.846. The summed E-state index contributed by atoms with van der Waals surface area (Å²) >= 11 is 0. The minimum atomic E-state index is 0.367. The average molecular weight is 290 g/mol. The van der Waals surface area contributed by atoms with Gasteiger partial charge in [-0.05, 0) is 55.5 Å². The molecule has 1 aromatic carbocycles. The molecule has 0 atom stereocenters. The van der Waals surface area contributed by atoms with Gasteiger partial charge in [-0.3, -0.25) is 4.79 Å². The summed E-state index contributed by atoms with van der Waals surface area (Å²) in [6.45, 7) is 6.02. The van der Waals surface area contributed by atoms with Crippen LogP contribution >= 0.6 is 0 Å². The van der Waals surface area contributed by atoms with Crippen LogP contribution in [0.5, 0.6) is 5.75 Å². The van der Waals surface area contributed by atoms with E-state index < -0.39 is 0 Å². The molecule has 1 saturated heterocycles. The van der Waals surface area contributed by atoms with Crippen molar-refractivity contribution >= 4 is 6.41 Å². The molecule has 1 aromatic rings. The SMILES string of the molecule is COc1ccc(CN(C=O)CCC2(C)CCNCC2)cc1. The molecule has 21 heavy (non-hydrogen) atoms. The Bertz CT molecular complexity index is 439. The molecule has 1 amide bonds. The molecule has 1 aliphatic rings. The summed E-state index contributed by atoms with van der Waals surface area (Å²) in [7, 11) is 1.66. The van der Waals surface area contributed by atoms with Crippen LogP contribution in [0.1, 0.15) is 31.7 Å². The molecule has 1 fully saturated rings. The third-order valence-electron chi connectivity index (χ3n) is 4.51. The number of hydrogen-bond donors (Lipinski definition) is 1. The molecule has 0 unspecified atom stereocenters. The van der Waals surface area contributed by atoms with Crippen molar-refractivity contribution in [1.29, 1.82) is 0 Å². The third kappa shape index (κ3) is 4.74. The van der Waals surface area contributed by atoms with Gasteiger partial charge >= 0.3 is 0 Å². The lowest BCUT2D eigenvalue weighted by Crippen LogP contribution is -2.37. The van der Waals surface area contributed by atoms with Gasteiger partial charge in [-0.25, -0.2) is 0 Å². The van der Waals surface area contributed by atoms with Crippen molar-refractivity contribution in [1.82, 2.24) is 10.2 Å². The minimum Gasteiger partial charge on any atom is -0.497 e. The number of nitrogens with zero attached hydrogens (tertiary/aromatic N) is 1. The van der Waals surface area contributed by atoms with Gasteiger partial charge in [0.1, 0.15) is 5.75 Å². The molecular formula is C17H26N2O2. The first-order valence-corrected chi connectivity index (χ1v) is 7.68. The zero-order valence-corrected chi connectivity index (χ0v) is 13.1. The molecule has 2 rings (SSSR count). The number of amides is 1. The average Bonchev–Trinajstić information content (AvgIpc) is 2.53. The Hall–Kier alpha value is -1.55. The lowest BCUT2D eigenvalue weighted by Gasteiger charge is -2.35. The Morgan fingerprint density at radius 3 is 2.52 bits per heavy atom. The first-order chi connectivity index (χ1) is 10.1. The molecule has 0 radical (unpaired) electrons. The van der Waals surface area contributed by atoms with Gasteiger partial charge in [-0.2, -0.15) is 0 Å². The third-order valence-corrected chi connectivity index (χ3v) is 4.51. The second-order valence-electron chi connectivity index (χ2n) is 6.23. The van der Waals surface area contributed by atoms with E-state index in [1.807, 2.05) is 29.2 Å². The summed E-state index contributed by atoms with van der Waals surface area (Å²) < 4.78 is 5.15. The topological polar surface area (TPSA) is 41.6 Å². The van der Waals surface area contributed by atoms with Crippen LogP contribution in [0.4, 0.5) is 0 Å². The van der Waals surface area contributed by atoms with Gasteiger partial charge in [0.25, 0.3) is 0 Å². The molecule has 0 saturated carbocycles. The molecule has 1 heterocycles. The minimum absolute atomic E-state index is 0.367. The van der Waals surface area contributed by atoms with Gasteiger partial charge in [0.05, 0.1) is 7.11 Å². The zero-order valence-electron chi connectivity index (χ0n) is 13.1. The van der Waals surface area contributed by atoms with Gasteiger partial charge in [-0.1, -0.05) is 19.1 Å². The molecule has 0 aromatic heterocycles. The van der Waals surface area contributed by atoms with E-state index in [1.54, 1.807) is 7.11 Å². The Morgan fingerprint density at radius 2 is 1.95 bits per heavy atom. The van der Waals surface area contributed by atoms with E-state index in [2.05, 4.69) is 12.2 Å². The van der Waals surface area contributed by atoms with Gasteiger partial charge in [0.2, 0.25) is 6.41 Å². The zero-order chi connectivity index (χ0) is 15.1. The fourth-order valence-corrected chi connectivity index (χ4v) is 2.83.